The lowest BCUT2D eigenvalue weighted by molar-refractivity contribution is -0.255. The van der Waals surface area contributed by atoms with E-state index in [0.717, 1.165) is 0 Å². The topological polar surface area (TPSA) is 125 Å². The van der Waals surface area contributed by atoms with E-state index < -0.39 is 17.8 Å². The molecule has 2 amide bonds. The predicted molar refractivity (Wildman–Crippen MR) is 84.1 cm³/mol. The second-order valence-electron chi connectivity index (χ2n) is 4.95. The van der Waals surface area contributed by atoms with Gasteiger partial charge in [-0.25, -0.2) is 0 Å². The van der Waals surface area contributed by atoms with Crippen LogP contribution in [0.4, 0.5) is 11.4 Å². The van der Waals surface area contributed by atoms with Gasteiger partial charge in [-0.3, -0.25) is 9.59 Å². The van der Waals surface area contributed by atoms with Crippen LogP contribution in [-0.2, 0) is 0 Å². The minimum Gasteiger partial charge on any atom is -0.545 e. The Morgan fingerprint density at radius 1 is 0.800 bits per heavy atom. The Morgan fingerprint density at radius 2 is 1.28 bits per heavy atom. The van der Waals surface area contributed by atoms with Crippen LogP contribution in [0.3, 0.4) is 0 Å². The van der Waals surface area contributed by atoms with Crippen molar-refractivity contribution in [1.82, 2.24) is 0 Å². The smallest absolute Gasteiger partial charge is 0.291 e. The van der Waals surface area contributed by atoms with Crippen LogP contribution in [0, 0.1) is 0 Å². The maximum Gasteiger partial charge on any atom is 0.291 e. The van der Waals surface area contributed by atoms with Gasteiger partial charge in [0.15, 0.2) is 11.5 Å². The third-order valence-electron chi connectivity index (χ3n) is 3.17. The van der Waals surface area contributed by atoms with Crippen molar-refractivity contribution in [2.45, 2.75) is 0 Å². The van der Waals surface area contributed by atoms with Crippen molar-refractivity contribution in [3.05, 3.63) is 72.1 Å². The number of hydrogen-bond acceptors (Lipinski definition) is 6. The number of hydrogen-bond donors (Lipinski definition) is 2. The minimum atomic E-state index is -1.46. The molecule has 0 bridgehead atoms. The first-order chi connectivity index (χ1) is 12.0. The Bertz CT molecular complexity index is 846. The van der Waals surface area contributed by atoms with Crippen LogP contribution in [-0.4, -0.2) is 17.8 Å². The average molecular weight is 339 g/mol. The van der Waals surface area contributed by atoms with Gasteiger partial charge in [0, 0.05) is 16.9 Å². The van der Waals surface area contributed by atoms with E-state index in [1.807, 2.05) is 0 Å². The summed E-state index contributed by atoms with van der Waals surface area (Å²) in [5.41, 5.74) is 0.0858. The summed E-state index contributed by atoms with van der Waals surface area (Å²) in [6, 6.07) is 9.81. The van der Waals surface area contributed by atoms with Gasteiger partial charge in [0.05, 0.1) is 18.5 Å². The van der Waals surface area contributed by atoms with Gasteiger partial charge < -0.3 is 29.4 Å². The Kier molecular flexibility index (Phi) is 4.34. The third-order valence-corrected chi connectivity index (χ3v) is 3.17. The molecule has 8 heteroatoms. The summed E-state index contributed by atoms with van der Waals surface area (Å²) in [6.45, 7) is 0. The predicted octanol–water partition coefficient (Wildman–Crippen LogP) is 1.74. The van der Waals surface area contributed by atoms with Crippen LogP contribution in [0.15, 0.2) is 63.8 Å². The van der Waals surface area contributed by atoms with Crippen LogP contribution in [0.1, 0.15) is 31.5 Å². The van der Waals surface area contributed by atoms with Gasteiger partial charge in [0.25, 0.3) is 11.8 Å². The summed E-state index contributed by atoms with van der Waals surface area (Å²) in [5, 5.41) is 16.1. The number of nitrogens with one attached hydrogen (secondary N) is 2. The van der Waals surface area contributed by atoms with Gasteiger partial charge in [-0.1, -0.05) is 0 Å². The molecule has 0 saturated carbocycles. The quantitative estimate of drug-likeness (QED) is 0.729. The van der Waals surface area contributed by atoms with E-state index in [0.29, 0.717) is 0 Å². The highest BCUT2D eigenvalue weighted by Gasteiger charge is 2.13. The molecular formula is C17H11N2O6-. The molecule has 1 aromatic carbocycles. The summed E-state index contributed by atoms with van der Waals surface area (Å²) >= 11 is 0. The second-order valence-corrected chi connectivity index (χ2v) is 4.95. The SMILES string of the molecule is O=C([O-])c1cc(NC(=O)c2ccco2)cc(NC(=O)c2ccco2)c1. The van der Waals surface area contributed by atoms with Crippen molar-refractivity contribution in [3.8, 4) is 0 Å². The lowest BCUT2D eigenvalue weighted by Crippen LogP contribution is -2.23. The molecule has 25 heavy (non-hydrogen) atoms. The highest BCUT2D eigenvalue weighted by atomic mass is 16.4. The largest absolute Gasteiger partial charge is 0.545 e. The lowest BCUT2D eigenvalue weighted by Gasteiger charge is -2.11. The molecule has 0 aliphatic rings. The van der Waals surface area contributed by atoms with E-state index in [4.69, 9.17) is 8.83 Å². The average Bonchev–Trinajstić information content (AvgIpc) is 3.28. The molecule has 3 rings (SSSR count). The molecule has 0 saturated heterocycles. The summed E-state index contributed by atoms with van der Waals surface area (Å²) in [7, 11) is 0. The molecule has 2 aromatic heterocycles. The number of carboxylic acid groups (broad SMARTS) is 1. The molecular weight excluding hydrogens is 328 g/mol. The van der Waals surface area contributed by atoms with Gasteiger partial charge in [0.1, 0.15) is 0 Å². The van der Waals surface area contributed by atoms with Gasteiger partial charge >= 0.3 is 0 Å². The van der Waals surface area contributed by atoms with Crippen LogP contribution in [0.2, 0.25) is 0 Å². The molecule has 2 N–H and O–H groups in total. The van der Waals surface area contributed by atoms with E-state index in [2.05, 4.69) is 10.6 Å². The van der Waals surface area contributed by atoms with E-state index in [9.17, 15) is 19.5 Å². The molecule has 3 aromatic rings. The second kappa shape index (κ2) is 6.75. The van der Waals surface area contributed by atoms with Gasteiger partial charge in [-0.2, -0.15) is 0 Å². The maximum atomic E-state index is 12.0. The number of furan rings is 2. The van der Waals surface area contributed by atoms with Crippen molar-refractivity contribution in [1.29, 1.82) is 0 Å². The molecule has 126 valence electrons. The van der Waals surface area contributed by atoms with Gasteiger partial charge in [-0.15, -0.1) is 0 Å². The normalized spacial score (nSPS) is 10.2. The fraction of sp³-hybridized carbons (Fsp3) is 0. The number of aromatic carboxylic acids is 1. The number of rotatable bonds is 5. The van der Waals surface area contributed by atoms with E-state index >= 15 is 0 Å². The molecule has 0 unspecified atom stereocenters. The highest BCUT2D eigenvalue weighted by Crippen LogP contribution is 2.21. The van der Waals surface area contributed by atoms with E-state index in [1.54, 1.807) is 12.1 Å². The molecule has 8 nitrogen and oxygen atoms in total. The first kappa shape index (κ1) is 16.1. The van der Waals surface area contributed by atoms with Crippen molar-refractivity contribution < 1.29 is 28.3 Å². The summed E-state index contributed by atoms with van der Waals surface area (Å²) in [6.07, 6.45) is 2.67. The summed E-state index contributed by atoms with van der Waals surface area (Å²) in [5.74, 6) is -2.48. The molecule has 0 aliphatic carbocycles. The molecule has 0 spiro atoms. The first-order valence-electron chi connectivity index (χ1n) is 7.09. The third kappa shape index (κ3) is 3.75. The van der Waals surface area contributed by atoms with Crippen molar-refractivity contribution in [2.24, 2.45) is 0 Å². The fourth-order valence-electron chi connectivity index (χ4n) is 2.09. The molecule has 0 atom stereocenters. The van der Waals surface area contributed by atoms with E-state index in [-0.39, 0.29) is 28.5 Å². The zero-order chi connectivity index (χ0) is 17.8. The van der Waals surface area contributed by atoms with Crippen molar-refractivity contribution in [2.75, 3.05) is 10.6 Å². The minimum absolute atomic E-state index is 0.0556. The van der Waals surface area contributed by atoms with E-state index in [1.165, 1.54) is 42.9 Å². The summed E-state index contributed by atoms with van der Waals surface area (Å²) in [4.78, 5) is 35.2. The number of carbonyl (C=O) groups excluding carboxylic acids is 3. The summed E-state index contributed by atoms with van der Waals surface area (Å²) < 4.78 is 9.93. The Hall–Kier alpha value is -3.81. The number of anilines is 2. The number of benzene rings is 1. The molecule has 0 radical (unpaired) electrons. The Balaban J connectivity index is 1.85. The van der Waals surface area contributed by atoms with Crippen LogP contribution in [0.25, 0.3) is 0 Å². The Labute approximate surface area is 141 Å². The standard InChI is InChI=1S/C17H12N2O6/c20-15(13-3-1-5-24-13)18-11-7-10(17(22)23)8-12(9-11)19-16(21)14-4-2-6-25-14/h1-9H,(H,18,20)(H,19,21)(H,22,23)/p-1. The molecule has 2 heterocycles. The zero-order valence-electron chi connectivity index (χ0n) is 12.6. The number of carbonyl (C=O) groups is 3. The van der Waals surface area contributed by atoms with Crippen LogP contribution >= 0.6 is 0 Å². The van der Waals surface area contributed by atoms with Gasteiger partial charge in [-0.05, 0) is 42.5 Å². The first-order valence-corrected chi connectivity index (χ1v) is 7.09. The molecule has 0 aliphatic heterocycles. The number of carboxylic acids is 1. The van der Waals surface area contributed by atoms with Crippen molar-refractivity contribution in [3.63, 3.8) is 0 Å². The van der Waals surface area contributed by atoms with Crippen molar-refractivity contribution >= 4 is 29.2 Å². The van der Waals surface area contributed by atoms with Crippen LogP contribution < -0.4 is 15.7 Å². The maximum absolute atomic E-state index is 12.0. The fourth-order valence-corrected chi connectivity index (χ4v) is 2.09. The van der Waals surface area contributed by atoms with Gasteiger partial charge in [0.2, 0.25) is 0 Å². The highest BCUT2D eigenvalue weighted by molar-refractivity contribution is 6.05. The Morgan fingerprint density at radius 3 is 1.64 bits per heavy atom. The zero-order valence-corrected chi connectivity index (χ0v) is 12.6. The molecule has 0 fully saturated rings. The monoisotopic (exact) mass is 339 g/mol. The lowest BCUT2D eigenvalue weighted by atomic mass is 10.1. The van der Waals surface area contributed by atoms with Crippen LogP contribution in [0.5, 0.6) is 0 Å². The number of amides is 2.